The largest absolute Gasteiger partial charge is 0.339 e. The summed E-state index contributed by atoms with van der Waals surface area (Å²) in [5, 5.41) is 6.14. The van der Waals surface area contributed by atoms with Crippen molar-refractivity contribution in [2.75, 3.05) is 0 Å². The summed E-state index contributed by atoms with van der Waals surface area (Å²) in [5.74, 6) is 0.653. The van der Waals surface area contributed by atoms with Crippen LogP contribution < -0.4 is 5.43 Å². The maximum atomic E-state index is 13.1. The van der Waals surface area contributed by atoms with Crippen LogP contribution in [0.5, 0.6) is 0 Å². The summed E-state index contributed by atoms with van der Waals surface area (Å²) in [6, 6.07) is 25.2. The van der Waals surface area contributed by atoms with Crippen molar-refractivity contribution in [1.82, 2.24) is 24.7 Å². The van der Waals surface area contributed by atoms with Gasteiger partial charge in [0.1, 0.15) is 5.65 Å². The summed E-state index contributed by atoms with van der Waals surface area (Å²) in [6.45, 7) is 1.94. The first-order valence-corrected chi connectivity index (χ1v) is 10.7. The topological polar surface area (TPSA) is 76.5 Å². The Labute approximate surface area is 189 Å². The van der Waals surface area contributed by atoms with Crippen LogP contribution in [0.1, 0.15) is 5.69 Å². The van der Waals surface area contributed by atoms with Crippen molar-refractivity contribution < 1.29 is 0 Å². The molecule has 0 amide bonds. The molecule has 1 N–H and O–H groups in total. The fourth-order valence-electron chi connectivity index (χ4n) is 4.10. The number of H-pyrrole nitrogens is 1. The van der Waals surface area contributed by atoms with Crippen LogP contribution >= 0.6 is 0 Å². The number of aryl methyl sites for hydroxylation is 1. The summed E-state index contributed by atoms with van der Waals surface area (Å²) in [7, 11) is 0. The van der Waals surface area contributed by atoms with Crippen molar-refractivity contribution in [1.29, 1.82) is 0 Å². The highest BCUT2D eigenvalue weighted by Gasteiger charge is 2.15. The van der Waals surface area contributed by atoms with Crippen LogP contribution in [0.3, 0.4) is 0 Å². The van der Waals surface area contributed by atoms with Crippen molar-refractivity contribution in [2.24, 2.45) is 0 Å². The molecule has 158 valence electrons. The van der Waals surface area contributed by atoms with Crippen LogP contribution in [0, 0.1) is 6.92 Å². The zero-order valence-electron chi connectivity index (χ0n) is 17.9. The molecule has 0 fully saturated rings. The minimum Gasteiger partial charge on any atom is -0.339 e. The highest BCUT2D eigenvalue weighted by molar-refractivity contribution is 5.90. The average Bonchev–Trinajstić information content (AvgIpc) is 3.29. The lowest BCUT2D eigenvalue weighted by atomic mass is 10.0. The summed E-state index contributed by atoms with van der Waals surface area (Å²) >= 11 is 0. The van der Waals surface area contributed by atoms with Crippen LogP contribution in [0.15, 0.2) is 96.1 Å². The number of benzene rings is 2. The molecule has 6 nitrogen and oxygen atoms in total. The van der Waals surface area contributed by atoms with Crippen molar-refractivity contribution in [3.8, 4) is 28.2 Å². The molecule has 0 aliphatic heterocycles. The molecule has 6 aromatic rings. The molecule has 0 radical (unpaired) electrons. The second kappa shape index (κ2) is 7.53. The molecule has 0 aliphatic rings. The third kappa shape index (κ3) is 3.38. The van der Waals surface area contributed by atoms with E-state index in [0.29, 0.717) is 16.9 Å². The molecular weight excluding hydrogens is 410 g/mol. The normalized spacial score (nSPS) is 11.3. The number of hydrogen-bond acceptors (Lipinski definition) is 4. The lowest BCUT2D eigenvalue weighted by molar-refractivity contribution is 0.838. The van der Waals surface area contributed by atoms with E-state index >= 15 is 0 Å². The van der Waals surface area contributed by atoms with Gasteiger partial charge in [0.05, 0.1) is 22.3 Å². The average molecular weight is 429 g/mol. The maximum Gasteiger partial charge on any atom is 0.191 e. The Morgan fingerprint density at radius 2 is 1.76 bits per heavy atom. The van der Waals surface area contributed by atoms with E-state index in [1.54, 1.807) is 16.9 Å². The highest BCUT2D eigenvalue weighted by Crippen LogP contribution is 2.30. The Morgan fingerprint density at radius 1 is 0.879 bits per heavy atom. The fourth-order valence-corrected chi connectivity index (χ4v) is 4.10. The Bertz CT molecular complexity index is 1700. The Balaban J connectivity index is 1.63. The number of fused-ring (bicyclic) bond motifs is 2. The number of pyridine rings is 3. The first kappa shape index (κ1) is 19.1. The lowest BCUT2D eigenvalue weighted by Crippen LogP contribution is -2.09. The van der Waals surface area contributed by atoms with Crippen molar-refractivity contribution in [3.63, 3.8) is 0 Å². The van der Waals surface area contributed by atoms with Gasteiger partial charge in [0.15, 0.2) is 11.2 Å². The zero-order valence-corrected chi connectivity index (χ0v) is 17.9. The third-order valence-electron chi connectivity index (χ3n) is 5.73. The molecule has 6 rings (SSSR count). The van der Waals surface area contributed by atoms with E-state index in [1.807, 2.05) is 79.9 Å². The van der Waals surface area contributed by atoms with E-state index in [0.717, 1.165) is 39.0 Å². The molecule has 4 aromatic heterocycles. The van der Waals surface area contributed by atoms with Crippen molar-refractivity contribution in [3.05, 3.63) is 107 Å². The number of rotatable bonds is 3. The predicted octanol–water partition coefficient (Wildman–Crippen LogP) is 5.30. The van der Waals surface area contributed by atoms with Gasteiger partial charge >= 0.3 is 0 Å². The van der Waals surface area contributed by atoms with Crippen LogP contribution in [0.2, 0.25) is 0 Å². The van der Waals surface area contributed by atoms with Crippen LogP contribution in [0.4, 0.5) is 0 Å². The quantitative estimate of drug-likeness (QED) is 0.414. The molecule has 0 saturated heterocycles. The molecule has 0 saturated carbocycles. The van der Waals surface area contributed by atoms with Gasteiger partial charge in [-0.05, 0) is 48.4 Å². The van der Waals surface area contributed by atoms with Crippen molar-refractivity contribution in [2.45, 2.75) is 6.92 Å². The number of aromatic nitrogens is 5. The zero-order chi connectivity index (χ0) is 22.4. The molecular formula is C27H19N5O. The number of aromatic amines is 1. The van der Waals surface area contributed by atoms with Gasteiger partial charge in [0.2, 0.25) is 0 Å². The number of nitrogens with one attached hydrogen (secondary N) is 1. The van der Waals surface area contributed by atoms with Gasteiger partial charge in [0.25, 0.3) is 0 Å². The third-order valence-corrected chi connectivity index (χ3v) is 5.73. The van der Waals surface area contributed by atoms with Gasteiger partial charge in [-0.3, -0.25) is 9.78 Å². The summed E-state index contributed by atoms with van der Waals surface area (Å²) in [4.78, 5) is 25.8. The minimum atomic E-state index is -0.0815. The van der Waals surface area contributed by atoms with Gasteiger partial charge in [0, 0.05) is 29.4 Å². The minimum absolute atomic E-state index is 0.0815. The van der Waals surface area contributed by atoms with Gasteiger partial charge < -0.3 is 4.98 Å². The van der Waals surface area contributed by atoms with Gasteiger partial charge in [-0.2, -0.15) is 5.10 Å². The first-order valence-electron chi connectivity index (χ1n) is 10.7. The van der Waals surface area contributed by atoms with Gasteiger partial charge in [-0.15, -0.1) is 0 Å². The van der Waals surface area contributed by atoms with Crippen LogP contribution in [-0.4, -0.2) is 24.7 Å². The van der Waals surface area contributed by atoms with E-state index in [-0.39, 0.29) is 5.43 Å². The summed E-state index contributed by atoms with van der Waals surface area (Å²) in [6.07, 6.45) is 3.66. The summed E-state index contributed by atoms with van der Waals surface area (Å²) in [5.41, 5.74) is 5.68. The molecule has 33 heavy (non-hydrogen) atoms. The maximum absolute atomic E-state index is 13.1. The molecule has 2 aromatic carbocycles. The van der Waals surface area contributed by atoms with E-state index in [2.05, 4.69) is 21.1 Å². The Hall–Kier alpha value is -4.58. The standard InChI is InChI=1S/C27H19N5O/c1-17-11-13-32(31-17)27-21(19-9-10-23-20(14-19)8-5-12-28-23)15-22-25(33)16-24(29-26(22)30-27)18-6-3-2-4-7-18/h2-16H,1H3,(H,29,30,33). The highest BCUT2D eigenvalue weighted by atomic mass is 16.1. The van der Waals surface area contributed by atoms with Crippen LogP contribution in [-0.2, 0) is 0 Å². The van der Waals surface area contributed by atoms with Gasteiger partial charge in [-0.25, -0.2) is 9.67 Å². The first-order chi connectivity index (χ1) is 16.2. The summed E-state index contributed by atoms with van der Waals surface area (Å²) < 4.78 is 1.76. The molecule has 0 unspecified atom stereocenters. The molecule has 0 spiro atoms. The second-order valence-electron chi connectivity index (χ2n) is 7.98. The molecule has 4 heterocycles. The molecule has 0 atom stereocenters. The smallest absolute Gasteiger partial charge is 0.191 e. The monoisotopic (exact) mass is 429 g/mol. The second-order valence-corrected chi connectivity index (χ2v) is 7.98. The number of hydrogen-bond donors (Lipinski definition) is 1. The Kier molecular flexibility index (Phi) is 4.36. The number of nitrogens with zero attached hydrogens (tertiary/aromatic N) is 4. The van der Waals surface area contributed by atoms with E-state index in [9.17, 15) is 4.79 Å². The molecule has 6 heteroatoms. The Morgan fingerprint density at radius 3 is 2.58 bits per heavy atom. The SMILES string of the molecule is Cc1ccn(-c2nc3[nH]c(-c4ccccc4)cc(=O)c3cc2-c2ccc3ncccc3c2)n1. The molecule has 0 aliphatic carbocycles. The van der Waals surface area contributed by atoms with Crippen LogP contribution in [0.25, 0.3) is 50.1 Å². The fraction of sp³-hybridized carbons (Fsp3) is 0.0370. The lowest BCUT2D eigenvalue weighted by Gasteiger charge is -2.12. The van der Waals surface area contributed by atoms with E-state index < -0.39 is 0 Å². The van der Waals surface area contributed by atoms with E-state index in [4.69, 9.17) is 4.98 Å². The molecule has 0 bridgehead atoms. The predicted molar refractivity (Wildman–Crippen MR) is 130 cm³/mol. The van der Waals surface area contributed by atoms with Gasteiger partial charge in [-0.1, -0.05) is 42.5 Å². The van der Waals surface area contributed by atoms with Crippen molar-refractivity contribution >= 4 is 21.9 Å². The van der Waals surface area contributed by atoms with E-state index in [1.165, 1.54) is 0 Å².